The lowest BCUT2D eigenvalue weighted by Crippen LogP contribution is -2.36. The summed E-state index contributed by atoms with van der Waals surface area (Å²) >= 11 is 0. The highest BCUT2D eigenvalue weighted by molar-refractivity contribution is 7.89. The summed E-state index contributed by atoms with van der Waals surface area (Å²) < 4.78 is 26.7. The summed E-state index contributed by atoms with van der Waals surface area (Å²) in [4.78, 5) is 11.6. The number of hydrogen-bond acceptors (Lipinski definition) is 3. The number of sulfonamides is 1. The van der Waals surface area contributed by atoms with Gasteiger partial charge in [0.25, 0.3) is 0 Å². The normalized spacial score (nSPS) is 20.6. The van der Waals surface area contributed by atoms with E-state index in [1.165, 1.54) is 11.2 Å². The van der Waals surface area contributed by atoms with Crippen molar-refractivity contribution in [3.8, 4) is 0 Å². The fraction of sp³-hybridized carbons (Fsp3) is 0.500. The zero-order chi connectivity index (χ0) is 14.0. The molecule has 104 valence electrons. The lowest BCUT2D eigenvalue weighted by atomic mass is 10.1. The Kier molecular flexibility index (Phi) is 4.06. The largest absolute Gasteiger partial charge is 0.300 e. The molecule has 0 aromatic heterocycles. The highest BCUT2D eigenvalue weighted by Crippen LogP contribution is 2.28. The summed E-state index contributed by atoms with van der Waals surface area (Å²) in [6.45, 7) is 3.89. The predicted octanol–water partition coefficient (Wildman–Crippen LogP) is 2.13. The van der Waals surface area contributed by atoms with Crippen LogP contribution < -0.4 is 0 Å². The van der Waals surface area contributed by atoms with E-state index < -0.39 is 10.0 Å². The molecule has 5 heteroatoms. The van der Waals surface area contributed by atoms with Gasteiger partial charge in [-0.1, -0.05) is 12.1 Å². The van der Waals surface area contributed by atoms with Crippen LogP contribution in [0.1, 0.15) is 31.7 Å². The highest BCUT2D eigenvalue weighted by atomic mass is 32.2. The van der Waals surface area contributed by atoms with Gasteiger partial charge in [-0.25, -0.2) is 8.42 Å². The van der Waals surface area contributed by atoms with E-state index in [4.69, 9.17) is 0 Å². The van der Waals surface area contributed by atoms with E-state index in [1.54, 1.807) is 18.2 Å². The first-order valence-electron chi connectivity index (χ1n) is 6.49. The topological polar surface area (TPSA) is 54.5 Å². The molecule has 1 atom stereocenters. The van der Waals surface area contributed by atoms with Gasteiger partial charge in [-0.15, -0.1) is 0 Å². The number of Topliss-reactive ketones (excluding diaryl/α,β-unsaturated/α-hetero) is 1. The number of ketones is 1. The SMILES string of the molecule is CC(=O)CC1CCCN1S(=O)(=O)c1cccc(C)c1. The van der Waals surface area contributed by atoms with Crippen molar-refractivity contribution in [3.05, 3.63) is 29.8 Å². The van der Waals surface area contributed by atoms with Crippen LogP contribution in [0.2, 0.25) is 0 Å². The monoisotopic (exact) mass is 281 g/mol. The first kappa shape index (κ1) is 14.2. The number of rotatable bonds is 4. The summed E-state index contributed by atoms with van der Waals surface area (Å²) in [6.07, 6.45) is 1.90. The summed E-state index contributed by atoms with van der Waals surface area (Å²) in [5.74, 6) is 0.0383. The van der Waals surface area contributed by atoms with Gasteiger partial charge >= 0.3 is 0 Å². The summed E-state index contributed by atoms with van der Waals surface area (Å²) in [7, 11) is -3.47. The Morgan fingerprint density at radius 1 is 1.42 bits per heavy atom. The number of hydrogen-bond donors (Lipinski definition) is 0. The molecule has 4 nitrogen and oxygen atoms in total. The van der Waals surface area contributed by atoms with Crippen LogP contribution in [0.3, 0.4) is 0 Å². The van der Waals surface area contributed by atoms with E-state index in [0.29, 0.717) is 17.9 Å². The predicted molar refractivity (Wildman–Crippen MR) is 73.4 cm³/mol. The molecule has 2 rings (SSSR count). The first-order chi connectivity index (χ1) is 8.91. The van der Waals surface area contributed by atoms with Gasteiger partial charge in [-0.3, -0.25) is 4.79 Å². The van der Waals surface area contributed by atoms with E-state index in [9.17, 15) is 13.2 Å². The van der Waals surface area contributed by atoms with Crippen LogP contribution in [0.4, 0.5) is 0 Å². The molecule has 1 aromatic rings. The van der Waals surface area contributed by atoms with E-state index in [0.717, 1.165) is 18.4 Å². The molecule has 1 aliphatic rings. The maximum absolute atomic E-state index is 12.6. The van der Waals surface area contributed by atoms with Crippen LogP contribution in [0.15, 0.2) is 29.2 Å². The molecule has 1 aromatic carbocycles. The number of carbonyl (C=O) groups excluding carboxylic acids is 1. The molecular formula is C14H19NO3S. The summed E-state index contributed by atoms with van der Waals surface area (Å²) in [5, 5.41) is 0. The van der Waals surface area contributed by atoms with Crippen molar-refractivity contribution in [1.29, 1.82) is 0 Å². The molecule has 0 amide bonds. The lowest BCUT2D eigenvalue weighted by molar-refractivity contribution is -0.117. The van der Waals surface area contributed by atoms with E-state index in [2.05, 4.69) is 0 Å². The van der Waals surface area contributed by atoms with Crippen LogP contribution in [0.5, 0.6) is 0 Å². The molecule has 19 heavy (non-hydrogen) atoms. The van der Waals surface area contributed by atoms with Gasteiger partial charge in [-0.05, 0) is 44.4 Å². The Hall–Kier alpha value is -1.20. The zero-order valence-electron chi connectivity index (χ0n) is 11.3. The number of benzene rings is 1. The Labute approximate surface area is 114 Å². The van der Waals surface area contributed by atoms with Crippen LogP contribution in [-0.4, -0.2) is 31.1 Å². The first-order valence-corrected chi connectivity index (χ1v) is 7.93. The third-order valence-corrected chi connectivity index (χ3v) is 5.39. The molecule has 1 saturated heterocycles. The minimum absolute atomic E-state index is 0.0383. The van der Waals surface area contributed by atoms with Gasteiger partial charge in [0.05, 0.1) is 4.90 Å². The zero-order valence-corrected chi connectivity index (χ0v) is 12.1. The Bertz CT molecular complexity index is 580. The third-order valence-electron chi connectivity index (χ3n) is 3.44. The molecule has 1 heterocycles. The maximum Gasteiger partial charge on any atom is 0.243 e. The van der Waals surface area contributed by atoms with Gasteiger partial charge in [-0.2, -0.15) is 4.31 Å². The average molecular weight is 281 g/mol. The van der Waals surface area contributed by atoms with Crippen molar-refractivity contribution in [1.82, 2.24) is 4.31 Å². The molecule has 0 aliphatic carbocycles. The highest BCUT2D eigenvalue weighted by Gasteiger charge is 2.35. The van der Waals surface area contributed by atoms with Gasteiger partial charge in [0, 0.05) is 19.0 Å². The molecule has 0 bridgehead atoms. The van der Waals surface area contributed by atoms with Crippen molar-refractivity contribution in [3.63, 3.8) is 0 Å². The number of carbonyl (C=O) groups is 1. The second-order valence-electron chi connectivity index (χ2n) is 5.13. The molecule has 1 fully saturated rings. The Balaban J connectivity index is 2.31. The van der Waals surface area contributed by atoms with Gasteiger partial charge in [0.1, 0.15) is 5.78 Å². The Morgan fingerprint density at radius 2 is 2.16 bits per heavy atom. The van der Waals surface area contributed by atoms with Crippen LogP contribution >= 0.6 is 0 Å². The minimum Gasteiger partial charge on any atom is -0.300 e. The van der Waals surface area contributed by atoms with Crippen molar-refractivity contribution in [2.45, 2.75) is 44.0 Å². The third kappa shape index (κ3) is 3.04. The maximum atomic E-state index is 12.6. The van der Waals surface area contributed by atoms with E-state index >= 15 is 0 Å². The molecule has 0 spiro atoms. The van der Waals surface area contributed by atoms with Crippen LogP contribution in [-0.2, 0) is 14.8 Å². The van der Waals surface area contributed by atoms with Gasteiger partial charge in [0.2, 0.25) is 10.0 Å². The lowest BCUT2D eigenvalue weighted by Gasteiger charge is -2.23. The fourth-order valence-electron chi connectivity index (χ4n) is 2.57. The van der Waals surface area contributed by atoms with E-state index in [1.807, 2.05) is 13.0 Å². The molecular weight excluding hydrogens is 262 g/mol. The van der Waals surface area contributed by atoms with Crippen LogP contribution in [0, 0.1) is 6.92 Å². The fourth-order valence-corrected chi connectivity index (χ4v) is 4.37. The average Bonchev–Trinajstić information content (AvgIpc) is 2.77. The second kappa shape index (κ2) is 5.43. The smallest absolute Gasteiger partial charge is 0.243 e. The molecule has 1 aliphatic heterocycles. The van der Waals surface area contributed by atoms with Crippen molar-refractivity contribution < 1.29 is 13.2 Å². The van der Waals surface area contributed by atoms with Crippen molar-refractivity contribution >= 4 is 15.8 Å². The van der Waals surface area contributed by atoms with Crippen molar-refractivity contribution in [2.75, 3.05) is 6.54 Å². The number of nitrogens with zero attached hydrogens (tertiary/aromatic N) is 1. The van der Waals surface area contributed by atoms with Gasteiger partial charge < -0.3 is 0 Å². The molecule has 0 N–H and O–H groups in total. The van der Waals surface area contributed by atoms with Crippen molar-refractivity contribution in [2.24, 2.45) is 0 Å². The summed E-state index contributed by atoms with van der Waals surface area (Å²) in [6, 6.07) is 6.74. The van der Waals surface area contributed by atoms with Gasteiger partial charge in [0.15, 0.2) is 0 Å². The van der Waals surface area contributed by atoms with E-state index in [-0.39, 0.29) is 11.8 Å². The van der Waals surface area contributed by atoms with Crippen LogP contribution in [0.25, 0.3) is 0 Å². The standard InChI is InChI=1S/C14H19NO3S/c1-11-5-3-7-14(9-11)19(17,18)15-8-4-6-13(15)10-12(2)16/h3,5,7,9,13H,4,6,8,10H2,1-2H3. The molecule has 1 unspecified atom stereocenters. The summed E-state index contributed by atoms with van der Waals surface area (Å²) in [5.41, 5.74) is 0.920. The Morgan fingerprint density at radius 3 is 2.79 bits per heavy atom. The minimum atomic E-state index is -3.47. The molecule has 0 saturated carbocycles. The second-order valence-corrected chi connectivity index (χ2v) is 7.03. The number of aryl methyl sites for hydroxylation is 1. The quantitative estimate of drug-likeness (QED) is 0.849. The molecule has 0 radical (unpaired) electrons.